The summed E-state index contributed by atoms with van der Waals surface area (Å²) in [5.74, 6) is -0.299. The monoisotopic (exact) mass is 274 g/mol. The molecule has 0 radical (unpaired) electrons. The van der Waals surface area contributed by atoms with Crippen molar-refractivity contribution in [2.45, 2.75) is 26.3 Å². The first kappa shape index (κ1) is 14.1. The van der Waals surface area contributed by atoms with Crippen LogP contribution in [0.1, 0.15) is 23.1 Å². The molecule has 0 spiro atoms. The van der Waals surface area contributed by atoms with E-state index in [0.29, 0.717) is 18.5 Å². The van der Waals surface area contributed by atoms with Crippen molar-refractivity contribution < 1.29 is 15.1 Å². The van der Waals surface area contributed by atoms with E-state index in [1.54, 1.807) is 22.3 Å². The molecule has 106 valence electrons. The second kappa shape index (κ2) is 6.25. The fourth-order valence-corrected chi connectivity index (χ4v) is 2.03. The van der Waals surface area contributed by atoms with Crippen LogP contribution in [0.4, 0.5) is 0 Å². The van der Waals surface area contributed by atoms with Crippen molar-refractivity contribution >= 4 is 5.91 Å². The van der Waals surface area contributed by atoms with Crippen molar-refractivity contribution in [2.24, 2.45) is 0 Å². The average molecular weight is 274 g/mol. The van der Waals surface area contributed by atoms with Gasteiger partial charge < -0.3 is 9.67 Å². The van der Waals surface area contributed by atoms with Gasteiger partial charge in [-0.3, -0.25) is 10.0 Å². The molecular formula is C15H18N2O3. The van der Waals surface area contributed by atoms with Crippen molar-refractivity contribution in [3.05, 3.63) is 53.2 Å². The Bertz CT molecular complexity index is 588. The number of aromatic nitrogens is 1. The van der Waals surface area contributed by atoms with Gasteiger partial charge in [0.15, 0.2) is 5.88 Å². The molecule has 0 bridgehead atoms. The molecular weight excluding hydrogens is 256 g/mol. The SMILES string of the molecule is Cc1ccc(Cn2ccc(CCC(=O)NO)c2O)cc1. The predicted octanol–water partition coefficient (Wildman–Crippen LogP) is 1.99. The highest BCUT2D eigenvalue weighted by Gasteiger charge is 2.10. The minimum absolute atomic E-state index is 0.138. The van der Waals surface area contributed by atoms with E-state index in [-0.39, 0.29) is 12.3 Å². The number of aromatic hydroxyl groups is 1. The lowest BCUT2D eigenvalue weighted by atomic mass is 10.1. The summed E-state index contributed by atoms with van der Waals surface area (Å²) in [5.41, 5.74) is 4.57. The van der Waals surface area contributed by atoms with E-state index in [0.717, 1.165) is 5.56 Å². The van der Waals surface area contributed by atoms with Crippen LogP contribution >= 0.6 is 0 Å². The highest BCUT2D eigenvalue weighted by Crippen LogP contribution is 2.21. The van der Waals surface area contributed by atoms with Gasteiger partial charge in [0.2, 0.25) is 5.91 Å². The first-order valence-corrected chi connectivity index (χ1v) is 6.45. The highest BCUT2D eigenvalue weighted by atomic mass is 16.5. The number of nitrogens with one attached hydrogen (secondary N) is 1. The molecule has 2 aromatic rings. The highest BCUT2D eigenvalue weighted by molar-refractivity contribution is 5.74. The van der Waals surface area contributed by atoms with Crippen LogP contribution in [0.2, 0.25) is 0 Å². The first-order valence-electron chi connectivity index (χ1n) is 6.45. The number of benzene rings is 1. The van der Waals surface area contributed by atoms with Gasteiger partial charge in [0.1, 0.15) is 0 Å². The zero-order valence-corrected chi connectivity index (χ0v) is 11.3. The molecule has 5 nitrogen and oxygen atoms in total. The number of hydrogen-bond acceptors (Lipinski definition) is 3. The number of hydrogen-bond donors (Lipinski definition) is 3. The Morgan fingerprint density at radius 3 is 2.60 bits per heavy atom. The van der Waals surface area contributed by atoms with Crippen LogP contribution in [0.5, 0.6) is 5.88 Å². The minimum atomic E-state index is -0.462. The molecule has 0 aliphatic rings. The summed E-state index contributed by atoms with van der Waals surface area (Å²) in [7, 11) is 0. The van der Waals surface area contributed by atoms with Crippen molar-refractivity contribution in [3.63, 3.8) is 0 Å². The number of nitrogens with zero attached hydrogens (tertiary/aromatic N) is 1. The lowest BCUT2D eigenvalue weighted by Gasteiger charge is -2.07. The molecule has 0 saturated carbocycles. The molecule has 1 amide bonds. The number of aryl methyl sites for hydroxylation is 2. The first-order chi connectivity index (χ1) is 9.60. The van der Waals surface area contributed by atoms with Gasteiger partial charge in [-0.15, -0.1) is 0 Å². The van der Waals surface area contributed by atoms with Gasteiger partial charge in [0, 0.05) is 18.2 Å². The Balaban J connectivity index is 2.04. The zero-order valence-electron chi connectivity index (χ0n) is 11.3. The van der Waals surface area contributed by atoms with E-state index in [2.05, 4.69) is 0 Å². The van der Waals surface area contributed by atoms with Gasteiger partial charge in [0.05, 0.1) is 6.54 Å². The second-order valence-corrected chi connectivity index (χ2v) is 4.81. The molecule has 0 saturated heterocycles. The third-order valence-corrected chi connectivity index (χ3v) is 3.23. The van der Waals surface area contributed by atoms with Gasteiger partial charge >= 0.3 is 0 Å². The standard InChI is InChI=1S/C15H18N2O3/c1-11-2-4-12(5-3-11)10-17-9-8-13(15(17)19)6-7-14(18)16-20/h2-5,8-9,19-20H,6-7,10H2,1H3,(H,16,18). The largest absolute Gasteiger partial charge is 0.494 e. The Morgan fingerprint density at radius 2 is 1.95 bits per heavy atom. The van der Waals surface area contributed by atoms with E-state index < -0.39 is 5.91 Å². The summed E-state index contributed by atoms with van der Waals surface area (Å²) >= 11 is 0. The number of hydroxylamine groups is 1. The molecule has 1 aromatic carbocycles. The van der Waals surface area contributed by atoms with Crippen molar-refractivity contribution in [3.8, 4) is 5.88 Å². The van der Waals surface area contributed by atoms with E-state index >= 15 is 0 Å². The number of rotatable bonds is 5. The maximum absolute atomic E-state index is 11.0. The topological polar surface area (TPSA) is 74.5 Å². The lowest BCUT2D eigenvalue weighted by Crippen LogP contribution is -2.18. The molecule has 1 heterocycles. The van der Waals surface area contributed by atoms with E-state index in [9.17, 15) is 9.90 Å². The zero-order chi connectivity index (χ0) is 14.5. The number of carbonyl (C=O) groups excluding carboxylic acids is 1. The Labute approximate surface area is 117 Å². The number of carbonyl (C=O) groups is 1. The van der Waals surface area contributed by atoms with Crippen LogP contribution in [0.15, 0.2) is 36.5 Å². The Kier molecular flexibility index (Phi) is 4.42. The van der Waals surface area contributed by atoms with Crippen LogP contribution in [0, 0.1) is 6.92 Å². The third-order valence-electron chi connectivity index (χ3n) is 3.23. The predicted molar refractivity (Wildman–Crippen MR) is 74.6 cm³/mol. The Morgan fingerprint density at radius 1 is 1.25 bits per heavy atom. The summed E-state index contributed by atoms with van der Waals surface area (Å²) in [6.45, 7) is 2.61. The van der Waals surface area contributed by atoms with Crippen molar-refractivity contribution in [1.29, 1.82) is 0 Å². The fraction of sp³-hybridized carbons (Fsp3) is 0.267. The lowest BCUT2D eigenvalue weighted by molar-refractivity contribution is -0.129. The van der Waals surface area contributed by atoms with Crippen LogP contribution in [0.3, 0.4) is 0 Å². The molecule has 2 rings (SSSR count). The van der Waals surface area contributed by atoms with Gasteiger partial charge in [0.25, 0.3) is 0 Å². The summed E-state index contributed by atoms with van der Waals surface area (Å²) in [6, 6.07) is 9.89. The summed E-state index contributed by atoms with van der Waals surface area (Å²) in [6.07, 6.45) is 2.32. The third kappa shape index (κ3) is 3.39. The maximum atomic E-state index is 11.0. The fourth-order valence-electron chi connectivity index (χ4n) is 2.03. The van der Waals surface area contributed by atoms with Crippen LogP contribution < -0.4 is 5.48 Å². The van der Waals surface area contributed by atoms with Gasteiger partial charge in [-0.05, 0) is 25.0 Å². The summed E-state index contributed by atoms with van der Waals surface area (Å²) in [4.78, 5) is 11.0. The average Bonchev–Trinajstić information content (AvgIpc) is 2.80. The molecule has 3 N–H and O–H groups in total. The minimum Gasteiger partial charge on any atom is -0.494 e. The molecule has 0 fully saturated rings. The van der Waals surface area contributed by atoms with Crippen molar-refractivity contribution in [2.75, 3.05) is 0 Å². The maximum Gasteiger partial charge on any atom is 0.243 e. The van der Waals surface area contributed by atoms with Gasteiger partial charge in [-0.2, -0.15) is 0 Å². The molecule has 20 heavy (non-hydrogen) atoms. The van der Waals surface area contributed by atoms with Crippen LogP contribution in [0.25, 0.3) is 0 Å². The summed E-state index contributed by atoms with van der Waals surface area (Å²) in [5, 5.41) is 18.5. The van der Waals surface area contributed by atoms with Gasteiger partial charge in [-0.25, -0.2) is 5.48 Å². The normalized spacial score (nSPS) is 10.5. The molecule has 0 aliphatic heterocycles. The molecule has 5 heteroatoms. The van der Waals surface area contributed by atoms with E-state index in [1.165, 1.54) is 5.56 Å². The molecule has 1 aromatic heterocycles. The molecule has 0 unspecified atom stereocenters. The van der Waals surface area contributed by atoms with E-state index in [4.69, 9.17) is 5.21 Å². The van der Waals surface area contributed by atoms with Crippen molar-refractivity contribution in [1.82, 2.24) is 10.0 Å². The Hall–Kier alpha value is -2.27. The second-order valence-electron chi connectivity index (χ2n) is 4.81. The smallest absolute Gasteiger partial charge is 0.243 e. The van der Waals surface area contributed by atoms with E-state index in [1.807, 2.05) is 31.2 Å². The quantitative estimate of drug-likeness (QED) is 0.576. The molecule has 0 aliphatic carbocycles. The van der Waals surface area contributed by atoms with Crippen LogP contribution in [-0.2, 0) is 17.8 Å². The van der Waals surface area contributed by atoms with Gasteiger partial charge in [-0.1, -0.05) is 29.8 Å². The summed E-state index contributed by atoms with van der Waals surface area (Å²) < 4.78 is 1.73. The van der Waals surface area contributed by atoms with Crippen LogP contribution in [-0.4, -0.2) is 20.8 Å². The number of amides is 1. The molecule has 0 atom stereocenters.